The molecule has 78 valence electrons. The topological polar surface area (TPSA) is 61.1 Å². The normalized spacial score (nSPS) is 11.2. The van der Waals surface area contributed by atoms with Crippen molar-refractivity contribution in [1.29, 1.82) is 0 Å². The molecule has 1 aromatic heterocycles. The van der Waals surface area contributed by atoms with E-state index in [4.69, 9.17) is 0 Å². The Kier molecular flexibility index (Phi) is 7.98. The van der Waals surface area contributed by atoms with E-state index in [1.807, 2.05) is 0 Å². The maximum Gasteiger partial charge on any atom is 1.00 e. The van der Waals surface area contributed by atoms with Crippen molar-refractivity contribution in [1.82, 2.24) is 4.98 Å². The Morgan fingerprint density at radius 1 is 1.31 bits per heavy atom. The molecule has 0 atom stereocenters. The Bertz CT molecular complexity index is 401. The summed E-state index contributed by atoms with van der Waals surface area (Å²) >= 11 is 0. The Hall–Kier alpha value is 0.255. The van der Waals surface area contributed by atoms with E-state index in [9.17, 15) is 8.42 Å². The molecule has 4 nitrogen and oxygen atoms in total. The number of nitrogens with zero attached hydrogens (tertiary/aromatic N) is 2. The van der Waals surface area contributed by atoms with Crippen LogP contribution in [0.3, 0.4) is 0 Å². The van der Waals surface area contributed by atoms with Crippen molar-refractivity contribution in [2.45, 2.75) is 31.2 Å². The van der Waals surface area contributed by atoms with E-state index in [0.717, 1.165) is 0 Å². The van der Waals surface area contributed by atoms with E-state index in [1.54, 1.807) is 20.8 Å². The standard InChI is InChI=1S/C9H12N2O2S.2Li/c1-9(2,3)11-14(12,13)8-5-4-6-10-7-8;;/h4,6-7H,1-3H3;;/q-2;2*+1. The van der Waals surface area contributed by atoms with Crippen molar-refractivity contribution in [2.24, 2.45) is 0 Å². The summed E-state index contributed by atoms with van der Waals surface area (Å²) in [5.41, 5.74) is -0.623. The second-order valence-corrected chi connectivity index (χ2v) is 5.41. The summed E-state index contributed by atoms with van der Waals surface area (Å²) in [5.74, 6) is 0. The average molecular weight is 226 g/mol. The third-order valence-corrected chi connectivity index (χ3v) is 2.82. The van der Waals surface area contributed by atoms with Crippen molar-refractivity contribution >= 4 is 10.0 Å². The second kappa shape index (κ2) is 6.86. The van der Waals surface area contributed by atoms with Gasteiger partial charge in [-0.1, -0.05) is 33.2 Å². The van der Waals surface area contributed by atoms with Gasteiger partial charge in [-0.2, -0.15) is 12.1 Å². The third kappa shape index (κ3) is 6.10. The van der Waals surface area contributed by atoms with Gasteiger partial charge < -0.3 is 9.71 Å². The summed E-state index contributed by atoms with van der Waals surface area (Å²) in [4.78, 5) is 3.72. The monoisotopic (exact) mass is 226 g/mol. The number of hydrogen-bond acceptors (Lipinski definition) is 3. The molecule has 0 aliphatic rings. The van der Waals surface area contributed by atoms with E-state index < -0.39 is 15.6 Å². The molecule has 0 spiro atoms. The largest absolute Gasteiger partial charge is 1.00 e. The molecule has 0 saturated carbocycles. The molecule has 0 radical (unpaired) electrons. The van der Waals surface area contributed by atoms with E-state index in [-0.39, 0.29) is 42.6 Å². The molecule has 1 rings (SSSR count). The first-order valence-corrected chi connectivity index (χ1v) is 5.56. The fourth-order valence-corrected chi connectivity index (χ4v) is 2.09. The molecule has 0 aliphatic carbocycles. The molecule has 1 aromatic rings. The van der Waals surface area contributed by atoms with Crippen LogP contribution < -0.4 is 37.7 Å². The van der Waals surface area contributed by atoms with Crippen LogP contribution in [-0.2, 0) is 10.0 Å². The summed E-state index contributed by atoms with van der Waals surface area (Å²) in [6.07, 6.45) is 2.71. The Morgan fingerprint density at radius 3 is 2.25 bits per heavy atom. The van der Waals surface area contributed by atoms with Crippen molar-refractivity contribution in [3.63, 3.8) is 0 Å². The van der Waals surface area contributed by atoms with Crippen LogP contribution in [0.5, 0.6) is 0 Å². The minimum absolute atomic E-state index is 0. The minimum Gasteiger partial charge on any atom is -0.542 e. The SMILES string of the molecule is CC(C)(C)[N-]S(=O)(=O)c1[c-]ccnc1.[Li+].[Li+]. The van der Waals surface area contributed by atoms with Crippen LogP contribution in [0.15, 0.2) is 23.4 Å². The number of sulfonamides is 1. The van der Waals surface area contributed by atoms with E-state index in [1.165, 1.54) is 18.5 Å². The van der Waals surface area contributed by atoms with Crippen molar-refractivity contribution in [3.8, 4) is 0 Å². The Labute approximate surface area is 121 Å². The molecule has 0 aromatic carbocycles. The molecule has 0 N–H and O–H groups in total. The van der Waals surface area contributed by atoms with E-state index in [2.05, 4.69) is 15.8 Å². The quantitative estimate of drug-likeness (QED) is 0.379. The molecule has 7 heteroatoms. The van der Waals surface area contributed by atoms with Gasteiger partial charge in [-0.25, -0.2) is 8.42 Å². The predicted molar refractivity (Wildman–Crippen MR) is 53.4 cm³/mol. The molecule has 0 aliphatic heterocycles. The van der Waals surface area contributed by atoms with Gasteiger partial charge in [0.05, 0.1) is 10.0 Å². The van der Waals surface area contributed by atoms with Gasteiger partial charge in [-0.15, -0.1) is 5.54 Å². The summed E-state index contributed by atoms with van der Waals surface area (Å²) < 4.78 is 26.9. The first-order valence-electron chi connectivity index (χ1n) is 4.12. The maximum absolute atomic E-state index is 11.6. The van der Waals surface area contributed by atoms with Gasteiger partial charge >= 0.3 is 37.7 Å². The van der Waals surface area contributed by atoms with Gasteiger partial charge in [-0.3, -0.25) is 0 Å². The average Bonchev–Trinajstić information content (AvgIpc) is 2.01. The number of hydrogen-bond donors (Lipinski definition) is 0. The summed E-state index contributed by atoms with van der Waals surface area (Å²) in [7, 11) is -3.61. The first-order chi connectivity index (χ1) is 6.31. The van der Waals surface area contributed by atoms with Crippen LogP contribution in [0.4, 0.5) is 0 Å². The molecule has 16 heavy (non-hydrogen) atoms. The fourth-order valence-electron chi connectivity index (χ4n) is 0.861. The number of pyridine rings is 1. The van der Waals surface area contributed by atoms with Crippen LogP contribution in [0.2, 0.25) is 0 Å². The van der Waals surface area contributed by atoms with Gasteiger partial charge in [-0.05, 0) is 4.90 Å². The van der Waals surface area contributed by atoms with Gasteiger partial charge in [0.1, 0.15) is 0 Å². The van der Waals surface area contributed by atoms with Crippen molar-refractivity contribution in [3.05, 3.63) is 29.2 Å². The Morgan fingerprint density at radius 2 is 1.88 bits per heavy atom. The summed E-state index contributed by atoms with van der Waals surface area (Å²) in [6.45, 7) is 5.17. The number of rotatable bonds is 2. The van der Waals surface area contributed by atoms with Crippen molar-refractivity contribution < 1.29 is 46.1 Å². The zero-order valence-electron chi connectivity index (χ0n) is 10.4. The van der Waals surface area contributed by atoms with Gasteiger partial charge in [0.15, 0.2) is 0 Å². The third-order valence-electron chi connectivity index (χ3n) is 1.25. The zero-order chi connectivity index (χ0) is 10.8. The molecule has 1 heterocycles. The second-order valence-electron chi connectivity index (χ2n) is 3.84. The van der Waals surface area contributed by atoms with Crippen LogP contribution in [0.1, 0.15) is 20.8 Å². The van der Waals surface area contributed by atoms with Crippen LogP contribution in [0.25, 0.3) is 4.72 Å². The molecule has 0 amide bonds. The number of aromatic nitrogens is 1. The Balaban J connectivity index is 0. The van der Waals surface area contributed by atoms with Crippen LogP contribution >= 0.6 is 0 Å². The minimum atomic E-state index is -3.61. The molecule has 0 saturated heterocycles. The van der Waals surface area contributed by atoms with Crippen LogP contribution in [0, 0.1) is 6.07 Å². The smallest absolute Gasteiger partial charge is 0.542 e. The molecular weight excluding hydrogens is 214 g/mol. The molecule has 0 unspecified atom stereocenters. The van der Waals surface area contributed by atoms with E-state index >= 15 is 0 Å². The van der Waals surface area contributed by atoms with Gasteiger partial charge in [0.2, 0.25) is 0 Å². The molecular formula is C9H12Li2N2O2S. The van der Waals surface area contributed by atoms with Gasteiger partial charge in [0, 0.05) is 0 Å². The summed E-state index contributed by atoms with van der Waals surface area (Å²) in [5, 5.41) is 0. The van der Waals surface area contributed by atoms with Gasteiger partial charge in [0.25, 0.3) is 0 Å². The molecule has 0 fully saturated rings. The molecule has 0 bridgehead atoms. The van der Waals surface area contributed by atoms with Crippen molar-refractivity contribution in [2.75, 3.05) is 0 Å². The fraction of sp³-hybridized carbons (Fsp3) is 0.444. The summed E-state index contributed by atoms with van der Waals surface area (Å²) in [6, 6.07) is 4.04. The van der Waals surface area contributed by atoms with Crippen LogP contribution in [-0.4, -0.2) is 18.9 Å². The maximum atomic E-state index is 11.6. The predicted octanol–water partition coefficient (Wildman–Crippen LogP) is -4.25. The van der Waals surface area contributed by atoms with E-state index in [0.29, 0.717) is 0 Å². The zero-order valence-corrected chi connectivity index (χ0v) is 11.2. The first kappa shape index (κ1) is 18.6.